The lowest BCUT2D eigenvalue weighted by molar-refractivity contribution is -0.132. The molecule has 3 heteroatoms. The van der Waals surface area contributed by atoms with E-state index in [0.29, 0.717) is 6.42 Å². The molecule has 1 aliphatic rings. The first-order chi connectivity index (χ1) is 6.31. The number of rotatable bonds is 1. The van der Waals surface area contributed by atoms with Crippen molar-refractivity contribution in [2.75, 3.05) is 6.54 Å². The third kappa shape index (κ3) is 1.89. The minimum Gasteiger partial charge on any atom is -0.336 e. The van der Waals surface area contributed by atoms with Gasteiger partial charge in [-0.25, -0.2) is 0 Å². The van der Waals surface area contributed by atoms with Crippen LogP contribution in [0.3, 0.4) is 0 Å². The van der Waals surface area contributed by atoms with Gasteiger partial charge >= 0.3 is 0 Å². The summed E-state index contributed by atoms with van der Waals surface area (Å²) in [6, 6.07) is 2.18. The number of carbonyl (C=O) groups excluding carboxylic acids is 1. The van der Waals surface area contributed by atoms with Crippen LogP contribution < -0.4 is 0 Å². The van der Waals surface area contributed by atoms with E-state index in [1.807, 2.05) is 11.8 Å². The van der Waals surface area contributed by atoms with Crippen molar-refractivity contribution in [3.63, 3.8) is 0 Å². The normalized spacial score (nSPS) is 30.1. The molecule has 0 aromatic carbocycles. The molecule has 1 heterocycles. The van der Waals surface area contributed by atoms with E-state index in [2.05, 4.69) is 19.9 Å². The zero-order chi connectivity index (χ0) is 11.0. The Hall–Kier alpha value is -1.04. The van der Waals surface area contributed by atoms with Crippen LogP contribution in [0.2, 0.25) is 0 Å². The predicted molar refractivity (Wildman–Crippen MR) is 54.4 cm³/mol. The van der Waals surface area contributed by atoms with Crippen molar-refractivity contribution in [3.8, 4) is 6.07 Å². The maximum atomic E-state index is 11.4. The van der Waals surface area contributed by atoms with E-state index < -0.39 is 0 Å². The van der Waals surface area contributed by atoms with E-state index in [9.17, 15) is 4.79 Å². The number of likely N-dealkylation sites (tertiary alicyclic amines) is 1. The third-order valence-corrected chi connectivity index (χ3v) is 2.94. The van der Waals surface area contributed by atoms with Gasteiger partial charge in [0, 0.05) is 13.5 Å². The molecule has 0 aliphatic carbocycles. The summed E-state index contributed by atoms with van der Waals surface area (Å²) in [7, 11) is 0. The van der Waals surface area contributed by atoms with Crippen LogP contribution >= 0.6 is 0 Å². The van der Waals surface area contributed by atoms with Gasteiger partial charge in [0.2, 0.25) is 5.91 Å². The number of amides is 1. The summed E-state index contributed by atoms with van der Waals surface area (Å²) in [5, 5.41) is 8.77. The zero-order valence-corrected chi connectivity index (χ0v) is 9.42. The van der Waals surface area contributed by atoms with Gasteiger partial charge in [-0.3, -0.25) is 4.79 Å². The lowest BCUT2D eigenvalue weighted by Crippen LogP contribution is -2.43. The van der Waals surface area contributed by atoms with Crippen molar-refractivity contribution in [3.05, 3.63) is 0 Å². The zero-order valence-electron chi connectivity index (χ0n) is 9.42. The lowest BCUT2D eigenvalue weighted by atomic mass is 9.83. The van der Waals surface area contributed by atoms with Crippen molar-refractivity contribution in [1.29, 1.82) is 5.26 Å². The first kappa shape index (κ1) is 11.0. The van der Waals surface area contributed by atoms with Gasteiger partial charge in [0.1, 0.15) is 0 Å². The van der Waals surface area contributed by atoms with Gasteiger partial charge in [0.15, 0.2) is 0 Å². The summed E-state index contributed by atoms with van der Waals surface area (Å²) < 4.78 is 0. The Bertz CT molecular complexity index is 290. The largest absolute Gasteiger partial charge is 0.336 e. The highest BCUT2D eigenvalue weighted by Gasteiger charge is 2.46. The average Bonchev–Trinajstić information content (AvgIpc) is 2.21. The fraction of sp³-hybridized carbons (Fsp3) is 0.818. The molecule has 1 rings (SSSR count). The molecule has 1 fully saturated rings. The maximum Gasteiger partial charge on any atom is 0.219 e. The van der Waals surface area contributed by atoms with E-state index in [0.717, 1.165) is 13.0 Å². The second-order valence-corrected chi connectivity index (χ2v) is 5.28. The summed E-state index contributed by atoms with van der Waals surface area (Å²) in [5.74, 6) is 0.0772. The number of nitrogens with zero attached hydrogens (tertiary/aromatic N) is 2. The second-order valence-electron chi connectivity index (χ2n) is 5.28. The Kier molecular flexibility index (Phi) is 2.58. The lowest BCUT2D eigenvalue weighted by Gasteiger charge is -2.32. The van der Waals surface area contributed by atoms with Crippen LogP contribution in [0.4, 0.5) is 0 Å². The minimum atomic E-state index is -0.260. The molecule has 1 atom stereocenters. The van der Waals surface area contributed by atoms with E-state index in [1.54, 1.807) is 6.92 Å². The molecule has 78 valence electrons. The quantitative estimate of drug-likeness (QED) is 0.640. The summed E-state index contributed by atoms with van der Waals surface area (Å²) in [6.07, 6.45) is 1.34. The molecule has 0 spiro atoms. The van der Waals surface area contributed by atoms with Crippen LogP contribution in [-0.2, 0) is 4.79 Å². The summed E-state index contributed by atoms with van der Waals surface area (Å²) >= 11 is 0. The molecule has 0 aromatic rings. The van der Waals surface area contributed by atoms with Crippen molar-refractivity contribution in [2.45, 2.75) is 46.1 Å². The molecule has 1 saturated heterocycles. The molecule has 0 N–H and O–H groups in total. The van der Waals surface area contributed by atoms with Crippen LogP contribution in [-0.4, -0.2) is 22.9 Å². The molecule has 1 aliphatic heterocycles. The van der Waals surface area contributed by atoms with Gasteiger partial charge in [-0.2, -0.15) is 5.26 Å². The fourth-order valence-electron chi connectivity index (χ4n) is 2.62. The van der Waals surface area contributed by atoms with E-state index in [-0.39, 0.29) is 16.9 Å². The van der Waals surface area contributed by atoms with Crippen molar-refractivity contribution in [2.24, 2.45) is 5.41 Å². The Balaban J connectivity index is 2.94. The van der Waals surface area contributed by atoms with Gasteiger partial charge in [-0.15, -0.1) is 0 Å². The second kappa shape index (κ2) is 3.27. The smallest absolute Gasteiger partial charge is 0.219 e. The number of nitriles is 1. The highest BCUT2D eigenvalue weighted by molar-refractivity contribution is 5.74. The average molecular weight is 194 g/mol. The Morgan fingerprint density at radius 2 is 2.07 bits per heavy atom. The SMILES string of the molecule is CC(=O)N1CC(C)(C)C[C@]1(C)CC#N. The fourth-order valence-corrected chi connectivity index (χ4v) is 2.62. The number of hydrogen-bond acceptors (Lipinski definition) is 2. The van der Waals surface area contributed by atoms with Gasteiger partial charge in [0.25, 0.3) is 0 Å². The molecular weight excluding hydrogens is 176 g/mol. The predicted octanol–water partition coefficient (Wildman–Crippen LogP) is 1.94. The molecule has 1 amide bonds. The van der Waals surface area contributed by atoms with E-state index >= 15 is 0 Å². The first-order valence-electron chi connectivity index (χ1n) is 4.96. The molecule has 3 nitrogen and oxygen atoms in total. The van der Waals surface area contributed by atoms with Crippen LogP contribution in [0.15, 0.2) is 0 Å². The Labute approximate surface area is 85.7 Å². The third-order valence-electron chi connectivity index (χ3n) is 2.94. The molecule has 0 saturated carbocycles. The van der Waals surface area contributed by atoms with Gasteiger partial charge < -0.3 is 4.90 Å². The van der Waals surface area contributed by atoms with Gasteiger partial charge in [-0.1, -0.05) is 13.8 Å². The van der Waals surface area contributed by atoms with Crippen molar-refractivity contribution < 1.29 is 4.79 Å². The van der Waals surface area contributed by atoms with E-state index in [4.69, 9.17) is 5.26 Å². The molecule has 0 unspecified atom stereocenters. The van der Waals surface area contributed by atoms with Crippen LogP contribution in [0.1, 0.15) is 40.5 Å². The minimum absolute atomic E-state index is 0.0772. The maximum absolute atomic E-state index is 11.4. The van der Waals surface area contributed by atoms with Crippen LogP contribution in [0, 0.1) is 16.7 Å². The monoisotopic (exact) mass is 194 g/mol. The summed E-state index contributed by atoms with van der Waals surface area (Å²) in [5.41, 5.74) is -0.124. The first-order valence-corrected chi connectivity index (χ1v) is 4.96. The molecule has 0 aromatic heterocycles. The van der Waals surface area contributed by atoms with Crippen LogP contribution in [0.25, 0.3) is 0 Å². The molecular formula is C11H18N2O. The standard InChI is InChI=1S/C11H18N2O/c1-9(14)13-8-10(2,3)7-11(13,4)5-6-12/h5,7-8H2,1-4H3/t11-/m0/s1. The van der Waals surface area contributed by atoms with Gasteiger partial charge in [-0.05, 0) is 18.8 Å². The molecule has 0 radical (unpaired) electrons. The topological polar surface area (TPSA) is 44.1 Å². The van der Waals surface area contributed by atoms with Crippen molar-refractivity contribution in [1.82, 2.24) is 4.90 Å². The Morgan fingerprint density at radius 1 is 1.50 bits per heavy atom. The van der Waals surface area contributed by atoms with Crippen molar-refractivity contribution >= 4 is 5.91 Å². The highest BCUT2D eigenvalue weighted by Crippen LogP contribution is 2.42. The Morgan fingerprint density at radius 3 is 2.50 bits per heavy atom. The summed E-state index contributed by atoms with van der Waals surface area (Å²) in [6.45, 7) is 8.64. The van der Waals surface area contributed by atoms with Gasteiger partial charge in [0.05, 0.1) is 18.0 Å². The number of hydrogen-bond donors (Lipinski definition) is 0. The highest BCUT2D eigenvalue weighted by atomic mass is 16.2. The molecule has 0 bridgehead atoms. The summed E-state index contributed by atoms with van der Waals surface area (Å²) in [4.78, 5) is 13.3. The van der Waals surface area contributed by atoms with Crippen LogP contribution in [0.5, 0.6) is 0 Å². The number of carbonyl (C=O) groups is 1. The van der Waals surface area contributed by atoms with E-state index in [1.165, 1.54) is 0 Å². The molecule has 14 heavy (non-hydrogen) atoms.